The predicted octanol–water partition coefficient (Wildman–Crippen LogP) is 0.179. The molecule has 120 valence electrons. The summed E-state index contributed by atoms with van der Waals surface area (Å²) >= 11 is 0. The molecule has 1 saturated heterocycles. The van der Waals surface area contributed by atoms with Crippen molar-refractivity contribution in [2.45, 2.75) is 30.9 Å². The molecule has 0 spiro atoms. The minimum atomic E-state index is -1.03. The molecule has 2 unspecified atom stereocenters. The number of H-pyrrole nitrogens is 1. The first-order valence-corrected chi connectivity index (χ1v) is 7.06. The van der Waals surface area contributed by atoms with Gasteiger partial charge in [-0.25, -0.2) is 4.79 Å². The molecule has 0 bridgehead atoms. The van der Waals surface area contributed by atoms with Crippen LogP contribution in [-0.4, -0.2) is 38.6 Å². The highest BCUT2D eigenvalue weighted by Gasteiger charge is 2.42. The number of hydrogen-bond donors (Lipinski definition) is 3. The molecule has 0 amide bonds. The fourth-order valence-electron chi connectivity index (χ4n) is 3.00. The Morgan fingerprint density at radius 1 is 1.70 bits per heavy atom. The van der Waals surface area contributed by atoms with Crippen molar-refractivity contribution in [3.8, 4) is 6.07 Å². The topological polar surface area (TPSA) is 147 Å². The smallest absolute Gasteiger partial charge is 0.332 e. The molecule has 3 rings (SSSR count). The van der Waals surface area contributed by atoms with Crippen molar-refractivity contribution in [1.29, 1.82) is 5.26 Å². The number of carbonyl (C=O) groups is 1. The van der Waals surface area contributed by atoms with Gasteiger partial charge in [0.05, 0.1) is 30.2 Å². The maximum absolute atomic E-state index is 11.9. The van der Waals surface area contributed by atoms with E-state index in [0.717, 1.165) is 0 Å². The third-order valence-electron chi connectivity index (χ3n) is 4.19. The van der Waals surface area contributed by atoms with Crippen LogP contribution in [0.15, 0.2) is 17.1 Å². The molecule has 0 saturated carbocycles. The van der Waals surface area contributed by atoms with Crippen molar-refractivity contribution in [3.05, 3.63) is 22.6 Å². The standard InChI is InChI=1S/C14H15N5O4/c15-5-4-14(3-1-9(13(21)22)23-7-14)19-8-2-6-17-12(20)10(8)11(16)18-19/h2,6,9H,1,3-4,7H2,(H2,16,18)(H,17,20)(H,21,22). The molecule has 0 radical (unpaired) electrons. The van der Waals surface area contributed by atoms with Gasteiger partial charge in [-0.15, -0.1) is 0 Å². The van der Waals surface area contributed by atoms with Gasteiger partial charge in [-0.05, 0) is 18.9 Å². The Labute approximate surface area is 130 Å². The SMILES string of the molecule is N#CCC1(n2nc(N)c3c(=O)[nH]ccc32)CCC(C(=O)O)OC1. The minimum absolute atomic E-state index is 0.0144. The van der Waals surface area contributed by atoms with Crippen molar-refractivity contribution in [2.75, 3.05) is 12.3 Å². The lowest BCUT2D eigenvalue weighted by Gasteiger charge is -2.38. The van der Waals surface area contributed by atoms with E-state index in [1.807, 2.05) is 0 Å². The second-order valence-corrected chi connectivity index (χ2v) is 5.60. The van der Waals surface area contributed by atoms with Crippen LogP contribution >= 0.6 is 0 Å². The zero-order valence-corrected chi connectivity index (χ0v) is 12.2. The summed E-state index contributed by atoms with van der Waals surface area (Å²) in [5, 5.41) is 22.7. The Morgan fingerprint density at radius 2 is 2.48 bits per heavy atom. The van der Waals surface area contributed by atoms with Crippen LogP contribution in [0.3, 0.4) is 0 Å². The Balaban J connectivity index is 2.10. The van der Waals surface area contributed by atoms with Gasteiger partial charge in [0.15, 0.2) is 11.9 Å². The van der Waals surface area contributed by atoms with Gasteiger partial charge in [0.2, 0.25) is 0 Å². The molecule has 0 aromatic carbocycles. The molecule has 23 heavy (non-hydrogen) atoms. The van der Waals surface area contributed by atoms with Crippen LogP contribution in [0.5, 0.6) is 0 Å². The van der Waals surface area contributed by atoms with E-state index < -0.39 is 17.6 Å². The van der Waals surface area contributed by atoms with E-state index in [-0.39, 0.29) is 36.2 Å². The van der Waals surface area contributed by atoms with Gasteiger partial charge in [0.25, 0.3) is 5.56 Å². The highest BCUT2D eigenvalue weighted by atomic mass is 16.5. The average molecular weight is 317 g/mol. The molecule has 1 aliphatic heterocycles. The summed E-state index contributed by atoms with van der Waals surface area (Å²) in [6, 6.07) is 3.75. The zero-order valence-electron chi connectivity index (χ0n) is 12.2. The number of carboxylic acid groups (broad SMARTS) is 1. The van der Waals surface area contributed by atoms with Crippen LogP contribution in [0, 0.1) is 11.3 Å². The molecule has 9 nitrogen and oxygen atoms in total. The van der Waals surface area contributed by atoms with Gasteiger partial charge in [-0.1, -0.05) is 0 Å². The highest BCUT2D eigenvalue weighted by Crippen LogP contribution is 2.35. The number of hydrogen-bond acceptors (Lipinski definition) is 6. The van der Waals surface area contributed by atoms with Gasteiger partial charge in [0, 0.05) is 6.20 Å². The number of nitrogens with two attached hydrogens (primary N) is 1. The first kappa shape index (κ1) is 15.1. The number of aromatic amines is 1. The third kappa shape index (κ3) is 2.33. The lowest BCUT2D eigenvalue weighted by Crippen LogP contribution is -2.46. The molecule has 4 N–H and O–H groups in total. The maximum Gasteiger partial charge on any atom is 0.332 e. The summed E-state index contributed by atoms with van der Waals surface area (Å²) in [5.74, 6) is -0.962. The fourth-order valence-corrected chi connectivity index (χ4v) is 3.00. The monoisotopic (exact) mass is 317 g/mol. The maximum atomic E-state index is 11.9. The summed E-state index contributed by atoms with van der Waals surface area (Å²) in [4.78, 5) is 25.5. The molecular weight excluding hydrogens is 302 g/mol. The fraction of sp³-hybridized carbons (Fsp3) is 0.429. The molecule has 1 aliphatic rings. The van der Waals surface area contributed by atoms with Crippen LogP contribution in [0.4, 0.5) is 5.82 Å². The van der Waals surface area contributed by atoms with Gasteiger partial charge in [-0.2, -0.15) is 10.4 Å². The number of pyridine rings is 1. The molecule has 1 fully saturated rings. The number of nitriles is 1. The number of aliphatic carboxylic acids is 1. The quantitative estimate of drug-likeness (QED) is 0.731. The molecule has 0 aliphatic carbocycles. The summed E-state index contributed by atoms with van der Waals surface area (Å²) in [5.41, 5.74) is 5.14. The normalized spacial score (nSPS) is 24.4. The second kappa shape index (κ2) is 5.40. The van der Waals surface area contributed by atoms with Crippen molar-refractivity contribution >= 4 is 22.7 Å². The van der Waals surface area contributed by atoms with Crippen LogP contribution in [0.1, 0.15) is 19.3 Å². The highest BCUT2D eigenvalue weighted by molar-refractivity contribution is 5.88. The number of nitrogens with zero attached hydrogens (tertiary/aromatic N) is 3. The molecule has 3 heterocycles. The Bertz CT molecular complexity index is 854. The number of aromatic nitrogens is 3. The number of anilines is 1. The van der Waals surface area contributed by atoms with Crippen LogP contribution < -0.4 is 11.3 Å². The van der Waals surface area contributed by atoms with Gasteiger partial charge in [-0.3, -0.25) is 9.48 Å². The molecule has 2 aromatic rings. The Hall–Kier alpha value is -2.86. The van der Waals surface area contributed by atoms with E-state index in [1.54, 1.807) is 6.07 Å². The van der Waals surface area contributed by atoms with Crippen LogP contribution in [0.2, 0.25) is 0 Å². The van der Waals surface area contributed by atoms with Crippen molar-refractivity contribution < 1.29 is 14.6 Å². The number of nitrogens with one attached hydrogen (secondary N) is 1. The van der Waals surface area contributed by atoms with E-state index >= 15 is 0 Å². The lowest BCUT2D eigenvalue weighted by atomic mass is 9.87. The number of carboxylic acids is 1. The predicted molar refractivity (Wildman–Crippen MR) is 79.6 cm³/mol. The number of fused-ring (bicyclic) bond motifs is 1. The van der Waals surface area contributed by atoms with E-state index in [2.05, 4.69) is 16.2 Å². The first-order chi connectivity index (χ1) is 11.0. The van der Waals surface area contributed by atoms with Gasteiger partial charge < -0.3 is 20.6 Å². The first-order valence-electron chi connectivity index (χ1n) is 7.06. The van der Waals surface area contributed by atoms with E-state index in [4.69, 9.17) is 15.6 Å². The number of rotatable bonds is 3. The lowest BCUT2D eigenvalue weighted by molar-refractivity contribution is -0.158. The average Bonchev–Trinajstić information content (AvgIpc) is 2.87. The van der Waals surface area contributed by atoms with Crippen molar-refractivity contribution in [2.24, 2.45) is 0 Å². The Kier molecular flexibility index (Phi) is 3.54. The number of nitrogen functional groups attached to an aromatic ring is 1. The summed E-state index contributed by atoms with van der Waals surface area (Å²) in [6.07, 6.45) is 1.29. The van der Waals surface area contributed by atoms with E-state index in [1.165, 1.54) is 10.9 Å². The molecule has 2 atom stereocenters. The Morgan fingerprint density at radius 3 is 3.09 bits per heavy atom. The van der Waals surface area contributed by atoms with Gasteiger partial charge in [0.1, 0.15) is 5.39 Å². The van der Waals surface area contributed by atoms with E-state index in [9.17, 15) is 14.9 Å². The van der Waals surface area contributed by atoms with Gasteiger partial charge >= 0.3 is 5.97 Å². The second-order valence-electron chi connectivity index (χ2n) is 5.60. The zero-order chi connectivity index (χ0) is 16.6. The summed E-state index contributed by atoms with van der Waals surface area (Å²) in [6.45, 7) is 0.0144. The molecule has 2 aromatic heterocycles. The minimum Gasteiger partial charge on any atom is -0.479 e. The third-order valence-corrected chi connectivity index (χ3v) is 4.19. The summed E-state index contributed by atoms with van der Waals surface area (Å²) in [7, 11) is 0. The van der Waals surface area contributed by atoms with Crippen LogP contribution in [0.25, 0.3) is 10.9 Å². The molecule has 9 heteroatoms. The van der Waals surface area contributed by atoms with Crippen LogP contribution in [-0.2, 0) is 15.1 Å². The largest absolute Gasteiger partial charge is 0.479 e. The van der Waals surface area contributed by atoms with Crippen molar-refractivity contribution in [1.82, 2.24) is 14.8 Å². The summed E-state index contributed by atoms with van der Waals surface area (Å²) < 4.78 is 6.95. The van der Waals surface area contributed by atoms with E-state index in [0.29, 0.717) is 11.9 Å². The number of ether oxygens (including phenoxy) is 1. The van der Waals surface area contributed by atoms with Crippen molar-refractivity contribution in [3.63, 3.8) is 0 Å². The molecular formula is C14H15N5O4.